The van der Waals surface area contributed by atoms with E-state index >= 15 is 0 Å². The van der Waals surface area contributed by atoms with Crippen molar-refractivity contribution in [3.8, 4) is 0 Å². The Hall–Kier alpha value is -0.170. The van der Waals surface area contributed by atoms with E-state index in [2.05, 4.69) is 4.72 Å². The van der Waals surface area contributed by atoms with Crippen LogP contribution in [0.1, 0.15) is 26.7 Å². The molecule has 0 bridgehead atoms. The molecule has 1 aliphatic rings. The Balaban J connectivity index is 2.60. The van der Waals surface area contributed by atoms with Crippen LogP contribution in [-0.2, 0) is 10.2 Å². The summed E-state index contributed by atoms with van der Waals surface area (Å²) >= 11 is 0. The van der Waals surface area contributed by atoms with Crippen LogP contribution in [0.15, 0.2) is 0 Å². The van der Waals surface area contributed by atoms with Gasteiger partial charge < -0.3 is 5.73 Å². The Labute approximate surface area is 92.2 Å². The van der Waals surface area contributed by atoms with E-state index in [-0.39, 0.29) is 6.04 Å². The molecule has 1 aliphatic carbocycles. The van der Waals surface area contributed by atoms with Gasteiger partial charge in [0, 0.05) is 25.7 Å². The van der Waals surface area contributed by atoms with Crippen molar-refractivity contribution >= 4 is 10.2 Å². The van der Waals surface area contributed by atoms with E-state index in [1.54, 1.807) is 0 Å². The second-order valence-electron chi connectivity index (χ2n) is 3.89. The summed E-state index contributed by atoms with van der Waals surface area (Å²) in [6.45, 7) is 5.03. The summed E-state index contributed by atoms with van der Waals surface area (Å²) in [5.74, 6) is 0.445. The second kappa shape index (κ2) is 5.25. The molecule has 0 aromatic heterocycles. The highest BCUT2D eigenvalue weighted by atomic mass is 32.2. The van der Waals surface area contributed by atoms with Crippen LogP contribution < -0.4 is 10.5 Å². The molecule has 1 fully saturated rings. The smallest absolute Gasteiger partial charge is 0.279 e. The number of hydrogen-bond acceptors (Lipinski definition) is 3. The van der Waals surface area contributed by atoms with Crippen molar-refractivity contribution < 1.29 is 8.42 Å². The molecule has 15 heavy (non-hydrogen) atoms. The van der Waals surface area contributed by atoms with Crippen LogP contribution in [0.5, 0.6) is 0 Å². The second-order valence-corrected chi connectivity index (χ2v) is 5.59. The van der Waals surface area contributed by atoms with Gasteiger partial charge in [0.15, 0.2) is 0 Å². The zero-order chi connectivity index (χ0) is 11.5. The molecule has 6 heteroatoms. The van der Waals surface area contributed by atoms with Crippen molar-refractivity contribution in [2.24, 2.45) is 11.7 Å². The number of hydrogen-bond donors (Lipinski definition) is 2. The van der Waals surface area contributed by atoms with Crippen LogP contribution >= 0.6 is 0 Å². The maximum atomic E-state index is 11.9. The van der Waals surface area contributed by atoms with Crippen molar-refractivity contribution in [2.45, 2.75) is 32.7 Å². The average Bonchev–Trinajstić information content (AvgIpc) is 2.99. The summed E-state index contributed by atoms with van der Waals surface area (Å²) < 4.78 is 27.8. The first-order valence-electron chi connectivity index (χ1n) is 5.52. The third kappa shape index (κ3) is 3.41. The monoisotopic (exact) mass is 235 g/mol. The minimum Gasteiger partial charge on any atom is -0.329 e. The molecule has 0 saturated heterocycles. The zero-order valence-electron chi connectivity index (χ0n) is 9.44. The van der Waals surface area contributed by atoms with Crippen LogP contribution in [0.2, 0.25) is 0 Å². The Kier molecular flexibility index (Phi) is 4.51. The van der Waals surface area contributed by atoms with Crippen LogP contribution in [0.3, 0.4) is 0 Å². The molecule has 0 heterocycles. The van der Waals surface area contributed by atoms with Crippen LogP contribution in [0, 0.1) is 5.92 Å². The first-order valence-corrected chi connectivity index (χ1v) is 6.96. The normalized spacial score (nSPS) is 19.5. The van der Waals surface area contributed by atoms with Crippen LogP contribution in [0.25, 0.3) is 0 Å². The quantitative estimate of drug-likeness (QED) is 0.647. The van der Waals surface area contributed by atoms with Gasteiger partial charge in [-0.2, -0.15) is 17.4 Å². The van der Waals surface area contributed by atoms with Gasteiger partial charge in [-0.15, -0.1) is 0 Å². The summed E-state index contributed by atoms with van der Waals surface area (Å²) in [7, 11) is -3.34. The molecule has 3 N–H and O–H groups in total. The highest BCUT2D eigenvalue weighted by Crippen LogP contribution is 2.32. The van der Waals surface area contributed by atoms with Crippen molar-refractivity contribution in [2.75, 3.05) is 19.6 Å². The summed E-state index contributed by atoms with van der Waals surface area (Å²) in [5, 5.41) is 0. The lowest BCUT2D eigenvalue weighted by Gasteiger charge is -2.23. The molecule has 5 nitrogen and oxygen atoms in total. The van der Waals surface area contributed by atoms with Gasteiger partial charge in [0.2, 0.25) is 0 Å². The fraction of sp³-hybridized carbons (Fsp3) is 1.00. The van der Waals surface area contributed by atoms with E-state index in [1.807, 2.05) is 13.8 Å². The highest BCUT2D eigenvalue weighted by Gasteiger charge is 2.34. The van der Waals surface area contributed by atoms with Gasteiger partial charge in [-0.25, -0.2) is 0 Å². The van der Waals surface area contributed by atoms with E-state index in [1.165, 1.54) is 4.31 Å². The molecule has 0 spiro atoms. The van der Waals surface area contributed by atoms with Gasteiger partial charge in [-0.3, -0.25) is 0 Å². The molecular weight excluding hydrogens is 214 g/mol. The topological polar surface area (TPSA) is 75.4 Å². The van der Waals surface area contributed by atoms with Gasteiger partial charge >= 0.3 is 0 Å². The summed E-state index contributed by atoms with van der Waals surface area (Å²) in [6.07, 6.45) is 2.17. The third-order valence-corrected chi connectivity index (χ3v) is 4.59. The number of nitrogens with one attached hydrogen (secondary N) is 1. The maximum absolute atomic E-state index is 11.9. The lowest BCUT2D eigenvalue weighted by molar-refractivity contribution is 0.418. The number of nitrogens with zero attached hydrogens (tertiary/aromatic N) is 1. The fourth-order valence-electron chi connectivity index (χ4n) is 1.66. The zero-order valence-corrected chi connectivity index (χ0v) is 10.3. The Morgan fingerprint density at radius 1 is 1.40 bits per heavy atom. The van der Waals surface area contributed by atoms with Crippen molar-refractivity contribution in [3.05, 3.63) is 0 Å². The largest absolute Gasteiger partial charge is 0.329 e. The first kappa shape index (κ1) is 12.9. The molecule has 1 saturated carbocycles. The standard InChI is InChI=1S/C9H21N3O2S/c1-3-12(4-2)15(13,14)11-9(7-10)8-5-6-8/h8-9,11H,3-7,10H2,1-2H3. The third-order valence-electron chi connectivity index (χ3n) is 2.79. The Bertz CT molecular complexity index is 284. The van der Waals surface area contributed by atoms with Crippen LogP contribution in [-0.4, -0.2) is 38.4 Å². The average molecular weight is 235 g/mol. The summed E-state index contributed by atoms with van der Waals surface area (Å²) in [5.41, 5.74) is 5.56. The van der Waals surface area contributed by atoms with Gasteiger partial charge in [0.05, 0.1) is 0 Å². The predicted octanol–water partition coefficient (Wildman–Crippen LogP) is -0.100. The molecule has 0 aromatic carbocycles. The fourth-order valence-corrected chi connectivity index (χ4v) is 3.16. The molecular formula is C9H21N3O2S. The Morgan fingerprint density at radius 3 is 2.27 bits per heavy atom. The summed E-state index contributed by atoms with van der Waals surface area (Å²) in [4.78, 5) is 0. The molecule has 0 amide bonds. The van der Waals surface area contributed by atoms with Crippen LogP contribution in [0.4, 0.5) is 0 Å². The summed E-state index contributed by atoms with van der Waals surface area (Å²) in [6, 6.07) is -0.0874. The molecule has 0 radical (unpaired) electrons. The molecule has 1 unspecified atom stereocenters. The van der Waals surface area contributed by atoms with Gasteiger partial charge in [0.25, 0.3) is 10.2 Å². The first-order chi connectivity index (χ1) is 7.05. The highest BCUT2D eigenvalue weighted by molar-refractivity contribution is 7.87. The van der Waals surface area contributed by atoms with Crippen molar-refractivity contribution in [3.63, 3.8) is 0 Å². The minimum atomic E-state index is -3.34. The molecule has 0 aromatic rings. The van der Waals surface area contributed by atoms with E-state index in [9.17, 15) is 8.42 Å². The SMILES string of the molecule is CCN(CC)S(=O)(=O)NC(CN)C1CC1. The minimum absolute atomic E-state index is 0.0874. The molecule has 90 valence electrons. The molecule has 0 aliphatic heterocycles. The van der Waals surface area contributed by atoms with E-state index < -0.39 is 10.2 Å². The Morgan fingerprint density at radius 2 is 1.93 bits per heavy atom. The molecule has 1 atom stereocenters. The lowest BCUT2D eigenvalue weighted by Crippen LogP contribution is -2.48. The van der Waals surface area contributed by atoms with E-state index in [0.717, 1.165) is 12.8 Å². The van der Waals surface area contributed by atoms with Gasteiger partial charge in [-0.05, 0) is 18.8 Å². The van der Waals surface area contributed by atoms with E-state index in [0.29, 0.717) is 25.6 Å². The van der Waals surface area contributed by atoms with Gasteiger partial charge in [0.1, 0.15) is 0 Å². The van der Waals surface area contributed by atoms with E-state index in [4.69, 9.17) is 5.73 Å². The maximum Gasteiger partial charge on any atom is 0.279 e. The van der Waals surface area contributed by atoms with Crippen molar-refractivity contribution in [1.29, 1.82) is 0 Å². The molecule has 1 rings (SSSR count). The number of nitrogens with two attached hydrogens (primary N) is 1. The predicted molar refractivity (Wildman–Crippen MR) is 60.5 cm³/mol. The lowest BCUT2D eigenvalue weighted by atomic mass is 10.2. The number of rotatable bonds is 7. The van der Waals surface area contributed by atoms with Crippen molar-refractivity contribution in [1.82, 2.24) is 9.03 Å². The van der Waals surface area contributed by atoms with Gasteiger partial charge in [-0.1, -0.05) is 13.8 Å².